The Balaban J connectivity index is 2.23. The van der Waals surface area contributed by atoms with Gasteiger partial charge in [-0.25, -0.2) is 9.82 Å². The highest BCUT2D eigenvalue weighted by Crippen LogP contribution is 2.23. The molecule has 0 fully saturated rings. The first kappa shape index (κ1) is 10.4. The van der Waals surface area contributed by atoms with E-state index >= 15 is 0 Å². The summed E-state index contributed by atoms with van der Waals surface area (Å²) in [5.74, 6) is 5.14. The van der Waals surface area contributed by atoms with E-state index in [2.05, 4.69) is 14.8 Å². The molecule has 0 spiro atoms. The van der Waals surface area contributed by atoms with Crippen LogP contribution in [0.15, 0.2) is 17.1 Å². The second kappa shape index (κ2) is 4.18. The van der Waals surface area contributed by atoms with E-state index in [0.29, 0.717) is 0 Å². The van der Waals surface area contributed by atoms with E-state index in [1.165, 1.54) is 17.6 Å². The number of allylic oxidation sites excluding steroid dienone is 1. The summed E-state index contributed by atoms with van der Waals surface area (Å²) >= 11 is 1.34. The fraction of sp³-hybridized carbons (Fsp3) is 0.333. The first-order valence-corrected chi connectivity index (χ1v) is 5.27. The number of nitrogens with one attached hydrogen (secondary N) is 1. The molecule has 3 N–H and O–H groups in total. The Labute approximate surface area is 90.8 Å². The van der Waals surface area contributed by atoms with Gasteiger partial charge in [0.05, 0.1) is 10.6 Å². The van der Waals surface area contributed by atoms with Crippen molar-refractivity contribution in [3.8, 4) is 0 Å². The van der Waals surface area contributed by atoms with E-state index in [1.807, 2.05) is 13.0 Å². The smallest absolute Gasteiger partial charge is 0.156 e. The minimum absolute atomic E-state index is 0.678. The molecule has 6 heteroatoms. The summed E-state index contributed by atoms with van der Waals surface area (Å²) in [5.41, 5.74) is 3.99. The van der Waals surface area contributed by atoms with Crippen molar-refractivity contribution in [3.63, 3.8) is 0 Å². The van der Waals surface area contributed by atoms with Crippen LogP contribution in [-0.4, -0.2) is 22.9 Å². The van der Waals surface area contributed by atoms with E-state index in [-0.39, 0.29) is 0 Å². The van der Waals surface area contributed by atoms with Crippen molar-refractivity contribution in [3.05, 3.63) is 22.7 Å². The maximum atomic E-state index is 13.4. The fourth-order valence-corrected chi connectivity index (χ4v) is 2.07. The molecule has 0 bridgehead atoms. The highest BCUT2D eigenvalue weighted by molar-refractivity contribution is 7.07. The number of nitrogens with two attached hydrogens (primary N) is 1. The van der Waals surface area contributed by atoms with Crippen LogP contribution in [0.25, 0.3) is 5.57 Å². The second-order valence-electron chi connectivity index (χ2n) is 3.29. The molecule has 0 saturated carbocycles. The average Bonchev–Trinajstić information content (AvgIpc) is 2.65. The number of aryl methyl sites for hydroxylation is 1. The number of nitrogens with zero attached hydrogens (tertiary/aromatic N) is 2. The van der Waals surface area contributed by atoms with Crippen molar-refractivity contribution in [1.29, 1.82) is 0 Å². The van der Waals surface area contributed by atoms with Gasteiger partial charge in [0.25, 0.3) is 0 Å². The number of dihydropyridines is 1. The molecule has 1 aromatic rings. The Kier molecular flexibility index (Phi) is 2.90. The topological polar surface area (TPSA) is 63.3 Å². The van der Waals surface area contributed by atoms with Crippen molar-refractivity contribution in [1.82, 2.24) is 9.80 Å². The van der Waals surface area contributed by atoms with E-state index in [9.17, 15) is 4.39 Å². The van der Waals surface area contributed by atoms with Crippen LogP contribution in [-0.2, 0) is 0 Å². The maximum absolute atomic E-state index is 13.4. The Bertz CT molecular complexity index is 412. The quantitative estimate of drug-likeness (QED) is 0.585. The van der Waals surface area contributed by atoms with E-state index in [4.69, 9.17) is 5.84 Å². The van der Waals surface area contributed by atoms with Crippen molar-refractivity contribution < 1.29 is 4.39 Å². The van der Waals surface area contributed by atoms with Crippen molar-refractivity contribution in [2.24, 2.45) is 10.8 Å². The predicted octanol–water partition coefficient (Wildman–Crippen LogP) is 1.05. The summed E-state index contributed by atoms with van der Waals surface area (Å²) in [4.78, 5) is 4.90. The number of rotatable bonds is 2. The fourth-order valence-electron chi connectivity index (χ4n) is 1.33. The van der Waals surface area contributed by atoms with Gasteiger partial charge < -0.3 is 0 Å². The molecule has 80 valence electrons. The molecule has 2 heterocycles. The normalized spacial score (nSPS) is 25.4. The lowest BCUT2D eigenvalue weighted by atomic mass is 10.1. The second-order valence-corrected chi connectivity index (χ2v) is 4.09. The van der Waals surface area contributed by atoms with Crippen LogP contribution in [0.5, 0.6) is 0 Å². The van der Waals surface area contributed by atoms with Crippen LogP contribution in [0.1, 0.15) is 10.6 Å². The van der Waals surface area contributed by atoms with Gasteiger partial charge in [-0.05, 0) is 30.6 Å². The molecule has 2 unspecified atom stereocenters. The number of hydrogen-bond acceptors (Lipinski definition) is 5. The molecule has 15 heavy (non-hydrogen) atoms. The van der Waals surface area contributed by atoms with Gasteiger partial charge in [-0.1, -0.05) is 0 Å². The first-order valence-electron chi connectivity index (χ1n) is 4.49. The van der Waals surface area contributed by atoms with Gasteiger partial charge in [0.1, 0.15) is 6.17 Å². The molecule has 0 saturated heterocycles. The minimum Gasteiger partial charge on any atom is -0.269 e. The van der Waals surface area contributed by atoms with Gasteiger partial charge in [0.2, 0.25) is 0 Å². The van der Waals surface area contributed by atoms with Crippen molar-refractivity contribution in [2.75, 3.05) is 0 Å². The highest BCUT2D eigenvalue weighted by Gasteiger charge is 2.21. The van der Waals surface area contributed by atoms with E-state index in [0.717, 1.165) is 16.1 Å². The lowest BCUT2D eigenvalue weighted by molar-refractivity contribution is 0.307. The Hall–Kier alpha value is -1.11. The van der Waals surface area contributed by atoms with Gasteiger partial charge in [0, 0.05) is 11.8 Å². The molecule has 1 aliphatic heterocycles. The molecule has 2 rings (SSSR count). The van der Waals surface area contributed by atoms with Crippen LogP contribution in [0.4, 0.5) is 4.39 Å². The summed E-state index contributed by atoms with van der Waals surface area (Å²) in [5, 5.41) is 0. The third-order valence-electron chi connectivity index (χ3n) is 2.10. The minimum atomic E-state index is -1.20. The maximum Gasteiger partial charge on any atom is 0.156 e. The zero-order valence-electron chi connectivity index (χ0n) is 8.14. The summed E-state index contributed by atoms with van der Waals surface area (Å²) in [7, 11) is 0. The van der Waals surface area contributed by atoms with Crippen LogP contribution in [0.2, 0.25) is 0 Å². The van der Waals surface area contributed by atoms with Gasteiger partial charge >= 0.3 is 0 Å². The Morgan fingerprint density at radius 1 is 1.60 bits per heavy atom. The van der Waals surface area contributed by atoms with E-state index < -0.39 is 12.3 Å². The number of aliphatic imine (C=N–C) groups is 1. The molecule has 4 nitrogen and oxygen atoms in total. The summed E-state index contributed by atoms with van der Waals surface area (Å²) < 4.78 is 17.6. The Morgan fingerprint density at radius 2 is 2.40 bits per heavy atom. The molecule has 0 aromatic carbocycles. The molecule has 2 atom stereocenters. The summed E-state index contributed by atoms with van der Waals surface area (Å²) in [6.07, 6.45) is 1.25. The molecule has 0 amide bonds. The molecule has 0 aliphatic carbocycles. The predicted molar refractivity (Wildman–Crippen MR) is 59.3 cm³/mol. The molecular weight excluding hydrogens is 215 g/mol. The standard InChI is InChI=1S/C9H11FN4S/c1-5-2-8(15-14-5)6-3-7(10)9(13-11)12-4-6/h2-4,7,9,13H,11H2,1H3. The van der Waals surface area contributed by atoms with Crippen molar-refractivity contribution in [2.45, 2.75) is 19.3 Å². The third kappa shape index (κ3) is 2.11. The van der Waals surface area contributed by atoms with Gasteiger partial charge in [-0.2, -0.15) is 4.37 Å². The first-order chi connectivity index (χ1) is 7.20. The summed E-state index contributed by atoms with van der Waals surface area (Å²) in [6.45, 7) is 1.90. The number of alkyl halides is 1. The number of hydrazine groups is 1. The van der Waals surface area contributed by atoms with Crippen LogP contribution in [0.3, 0.4) is 0 Å². The molecule has 0 radical (unpaired) electrons. The van der Waals surface area contributed by atoms with Gasteiger partial charge in [-0.3, -0.25) is 10.8 Å². The largest absolute Gasteiger partial charge is 0.269 e. The van der Waals surface area contributed by atoms with E-state index in [1.54, 1.807) is 6.21 Å². The molecule has 1 aromatic heterocycles. The third-order valence-corrected chi connectivity index (χ3v) is 3.03. The lowest BCUT2D eigenvalue weighted by Crippen LogP contribution is -2.41. The number of halogens is 1. The SMILES string of the molecule is Cc1cc(C2=CC(F)C(NN)N=C2)sn1. The zero-order valence-corrected chi connectivity index (χ0v) is 8.96. The number of aromatic nitrogens is 1. The van der Waals surface area contributed by atoms with Crippen LogP contribution in [0, 0.1) is 6.92 Å². The number of hydrogen-bond donors (Lipinski definition) is 2. The Morgan fingerprint density at radius 3 is 2.93 bits per heavy atom. The van der Waals surface area contributed by atoms with Crippen LogP contribution >= 0.6 is 11.5 Å². The average molecular weight is 226 g/mol. The monoisotopic (exact) mass is 226 g/mol. The highest BCUT2D eigenvalue weighted by atomic mass is 32.1. The van der Waals surface area contributed by atoms with Crippen LogP contribution < -0.4 is 11.3 Å². The van der Waals surface area contributed by atoms with Gasteiger partial charge in [0.15, 0.2) is 6.17 Å². The van der Waals surface area contributed by atoms with Crippen molar-refractivity contribution >= 4 is 23.3 Å². The molecular formula is C9H11FN4S. The molecule has 1 aliphatic rings. The summed E-state index contributed by atoms with van der Waals surface area (Å²) in [6, 6.07) is 1.91. The van der Waals surface area contributed by atoms with Gasteiger partial charge in [-0.15, -0.1) is 0 Å². The lowest BCUT2D eigenvalue weighted by Gasteiger charge is -2.17. The zero-order chi connectivity index (χ0) is 10.8.